The summed E-state index contributed by atoms with van der Waals surface area (Å²) in [4.78, 5) is 0. The predicted molar refractivity (Wildman–Crippen MR) is 162 cm³/mol. The molecule has 0 amide bonds. The van der Waals surface area contributed by atoms with E-state index in [1.54, 1.807) is 0 Å². The lowest BCUT2D eigenvalue weighted by Gasteiger charge is -2.17. The highest BCUT2D eigenvalue weighted by molar-refractivity contribution is 5.25. The highest BCUT2D eigenvalue weighted by Crippen LogP contribution is 2.25. The zero-order valence-corrected chi connectivity index (χ0v) is 24.7. The van der Waals surface area contributed by atoms with Gasteiger partial charge in [-0.3, -0.25) is 0 Å². The molecular weight excluding hydrogens is 436 g/mol. The molecule has 0 aliphatic heterocycles. The van der Waals surface area contributed by atoms with Crippen molar-refractivity contribution in [2.75, 3.05) is 0 Å². The van der Waals surface area contributed by atoms with E-state index in [1.807, 2.05) is 12.1 Å². The molecule has 1 rings (SSSR count). The van der Waals surface area contributed by atoms with E-state index >= 15 is 0 Å². The molecule has 0 spiro atoms. The lowest BCUT2D eigenvalue weighted by Crippen LogP contribution is -2.02. The summed E-state index contributed by atoms with van der Waals surface area (Å²) in [7, 11) is 0. The van der Waals surface area contributed by atoms with Gasteiger partial charge in [-0.1, -0.05) is 180 Å². The van der Waals surface area contributed by atoms with E-state index in [2.05, 4.69) is 26.0 Å². The number of rotatable bonds is 27. The average Bonchev–Trinajstić information content (AvgIpc) is 2.89. The summed E-state index contributed by atoms with van der Waals surface area (Å²) in [5, 5.41) is 9.49. The first kappa shape index (κ1) is 33.0. The quantitative estimate of drug-likeness (QED) is 0.119. The molecule has 0 unspecified atom stereocenters. The molecule has 0 aliphatic rings. The Morgan fingerprint density at radius 3 is 1.17 bits per heavy atom. The molecule has 1 aromatic carbocycles. The number of benzene rings is 1. The molecule has 0 aromatic heterocycles. The lowest BCUT2D eigenvalue weighted by atomic mass is 9.89. The topological polar surface area (TPSA) is 20.2 Å². The maximum absolute atomic E-state index is 9.49. The zero-order chi connectivity index (χ0) is 25.9. The molecular formula is C35H64O. The number of unbranched alkanes of at least 4 members (excludes halogenated alkanes) is 19. The lowest BCUT2D eigenvalue weighted by molar-refractivity contribution is 0.368. The molecule has 0 aliphatic carbocycles. The van der Waals surface area contributed by atoms with Gasteiger partial charge in [0.1, 0.15) is 5.75 Å². The Hall–Kier alpha value is -0.980. The Balaban J connectivity index is 2.16. The van der Waals surface area contributed by atoms with Gasteiger partial charge in [0, 0.05) is 0 Å². The first-order valence-electron chi connectivity index (χ1n) is 16.5. The van der Waals surface area contributed by atoms with Crippen molar-refractivity contribution in [1.29, 1.82) is 0 Å². The first-order chi connectivity index (χ1) is 17.8. The van der Waals surface area contributed by atoms with Gasteiger partial charge in [0.2, 0.25) is 0 Å². The largest absolute Gasteiger partial charge is 0.508 e. The molecule has 0 saturated heterocycles. The standard InChI is InChI=1S/C35H64O/c1-3-5-7-9-11-13-15-17-19-21-25-33(26-22-20-18-16-14-12-10-8-6-4-2)27-23-24-28-34-29-31-35(36)32-30-34/h29-33,36H,3-28H2,1-2H3. The molecule has 0 atom stereocenters. The SMILES string of the molecule is CCCCCCCCCCCCC(CCCCCCCCCCCC)CCCCc1ccc(O)cc1. The molecule has 36 heavy (non-hydrogen) atoms. The second-order valence-corrected chi connectivity index (χ2v) is 11.7. The fraction of sp³-hybridized carbons (Fsp3) is 0.829. The Bertz CT molecular complexity index is 524. The van der Waals surface area contributed by atoms with Gasteiger partial charge in [-0.05, 0) is 36.5 Å². The summed E-state index contributed by atoms with van der Waals surface area (Å²) in [6.07, 6.45) is 37.0. The minimum absolute atomic E-state index is 0.381. The van der Waals surface area contributed by atoms with Crippen LogP contribution in [0.15, 0.2) is 24.3 Å². The minimum Gasteiger partial charge on any atom is -0.508 e. The maximum atomic E-state index is 9.49. The van der Waals surface area contributed by atoms with E-state index in [0.717, 1.165) is 12.3 Å². The molecule has 1 nitrogen and oxygen atoms in total. The van der Waals surface area contributed by atoms with Crippen LogP contribution in [0, 0.1) is 5.92 Å². The molecule has 210 valence electrons. The van der Waals surface area contributed by atoms with Gasteiger partial charge in [0.25, 0.3) is 0 Å². The average molecular weight is 501 g/mol. The van der Waals surface area contributed by atoms with Crippen molar-refractivity contribution in [3.05, 3.63) is 29.8 Å². The van der Waals surface area contributed by atoms with Crippen molar-refractivity contribution in [3.63, 3.8) is 0 Å². The van der Waals surface area contributed by atoms with E-state index < -0.39 is 0 Å². The highest BCUT2D eigenvalue weighted by Gasteiger charge is 2.09. The Morgan fingerprint density at radius 2 is 0.778 bits per heavy atom. The second-order valence-electron chi connectivity index (χ2n) is 11.7. The van der Waals surface area contributed by atoms with Crippen molar-refractivity contribution in [2.45, 2.75) is 181 Å². The molecule has 0 radical (unpaired) electrons. The smallest absolute Gasteiger partial charge is 0.115 e. The second kappa shape index (κ2) is 25.7. The van der Waals surface area contributed by atoms with Gasteiger partial charge in [0.05, 0.1) is 0 Å². The van der Waals surface area contributed by atoms with Crippen LogP contribution in [-0.4, -0.2) is 5.11 Å². The zero-order valence-electron chi connectivity index (χ0n) is 24.7. The van der Waals surface area contributed by atoms with Gasteiger partial charge < -0.3 is 5.11 Å². The van der Waals surface area contributed by atoms with Crippen LogP contribution in [0.5, 0.6) is 5.75 Å². The van der Waals surface area contributed by atoms with Crippen LogP contribution < -0.4 is 0 Å². The maximum Gasteiger partial charge on any atom is 0.115 e. The predicted octanol–water partition coefficient (Wildman–Crippen LogP) is 12.3. The Labute approximate surface area is 227 Å². The number of phenols is 1. The third-order valence-electron chi connectivity index (χ3n) is 8.20. The number of aromatic hydroxyl groups is 1. The molecule has 0 saturated carbocycles. The molecule has 1 N–H and O–H groups in total. The summed E-state index contributed by atoms with van der Waals surface area (Å²) in [5.74, 6) is 1.33. The van der Waals surface area contributed by atoms with Crippen LogP contribution in [-0.2, 0) is 6.42 Å². The van der Waals surface area contributed by atoms with Gasteiger partial charge >= 0.3 is 0 Å². The van der Waals surface area contributed by atoms with Crippen LogP contribution in [0.3, 0.4) is 0 Å². The van der Waals surface area contributed by atoms with Crippen LogP contribution >= 0.6 is 0 Å². The number of hydrogen-bond acceptors (Lipinski definition) is 1. The van der Waals surface area contributed by atoms with Crippen molar-refractivity contribution in [2.24, 2.45) is 5.92 Å². The van der Waals surface area contributed by atoms with Crippen molar-refractivity contribution >= 4 is 0 Å². The fourth-order valence-corrected chi connectivity index (χ4v) is 5.70. The Morgan fingerprint density at radius 1 is 0.444 bits per heavy atom. The summed E-state index contributed by atoms with van der Waals surface area (Å²) < 4.78 is 0. The molecule has 0 bridgehead atoms. The van der Waals surface area contributed by atoms with Crippen LogP contribution in [0.25, 0.3) is 0 Å². The van der Waals surface area contributed by atoms with E-state index in [4.69, 9.17) is 0 Å². The van der Waals surface area contributed by atoms with E-state index in [-0.39, 0.29) is 0 Å². The first-order valence-corrected chi connectivity index (χ1v) is 16.5. The van der Waals surface area contributed by atoms with E-state index in [9.17, 15) is 5.11 Å². The van der Waals surface area contributed by atoms with E-state index in [0.29, 0.717) is 5.75 Å². The van der Waals surface area contributed by atoms with Crippen LogP contribution in [0.4, 0.5) is 0 Å². The summed E-state index contributed by atoms with van der Waals surface area (Å²) >= 11 is 0. The number of hydrogen-bond donors (Lipinski definition) is 1. The normalized spacial score (nSPS) is 11.5. The van der Waals surface area contributed by atoms with Crippen molar-refractivity contribution < 1.29 is 5.11 Å². The van der Waals surface area contributed by atoms with Gasteiger partial charge in [-0.25, -0.2) is 0 Å². The molecule has 0 fully saturated rings. The summed E-state index contributed by atoms with van der Waals surface area (Å²) in [6, 6.07) is 7.82. The van der Waals surface area contributed by atoms with E-state index in [1.165, 1.54) is 166 Å². The summed E-state index contributed by atoms with van der Waals surface area (Å²) in [6.45, 7) is 4.61. The third kappa shape index (κ3) is 21.1. The minimum atomic E-state index is 0.381. The molecule has 0 heterocycles. The van der Waals surface area contributed by atoms with Gasteiger partial charge in [0.15, 0.2) is 0 Å². The van der Waals surface area contributed by atoms with Gasteiger partial charge in [-0.15, -0.1) is 0 Å². The summed E-state index contributed by atoms with van der Waals surface area (Å²) in [5.41, 5.74) is 1.37. The third-order valence-corrected chi connectivity index (χ3v) is 8.20. The Kier molecular flexibility index (Phi) is 23.6. The van der Waals surface area contributed by atoms with Crippen molar-refractivity contribution in [1.82, 2.24) is 0 Å². The van der Waals surface area contributed by atoms with Crippen LogP contribution in [0.1, 0.15) is 180 Å². The van der Waals surface area contributed by atoms with Crippen molar-refractivity contribution in [3.8, 4) is 5.75 Å². The molecule has 1 heteroatoms. The number of phenolic OH excluding ortho intramolecular Hbond substituents is 1. The van der Waals surface area contributed by atoms with Gasteiger partial charge in [-0.2, -0.15) is 0 Å². The van der Waals surface area contributed by atoms with Crippen LogP contribution in [0.2, 0.25) is 0 Å². The fourth-order valence-electron chi connectivity index (χ4n) is 5.70. The number of aryl methyl sites for hydroxylation is 1. The molecule has 1 aromatic rings. The highest BCUT2D eigenvalue weighted by atomic mass is 16.3. The monoisotopic (exact) mass is 500 g/mol.